The molecule has 0 bridgehead atoms. The number of carbonyl (C=O) groups excluding carboxylic acids is 1. The number of aryl methyl sites for hydroxylation is 1. The van der Waals surface area contributed by atoms with Crippen molar-refractivity contribution in [2.24, 2.45) is 0 Å². The van der Waals surface area contributed by atoms with Crippen molar-refractivity contribution in [3.8, 4) is 0 Å². The third-order valence-corrected chi connectivity index (χ3v) is 1.26. The van der Waals surface area contributed by atoms with E-state index in [0.717, 1.165) is 5.56 Å². The van der Waals surface area contributed by atoms with Crippen LogP contribution in [0.15, 0.2) is 24.3 Å². The smallest absolute Gasteiger partial charge is 0.376 e. The van der Waals surface area contributed by atoms with E-state index >= 15 is 0 Å². The van der Waals surface area contributed by atoms with Crippen LogP contribution in [0, 0.1) is 6.92 Å². The van der Waals surface area contributed by atoms with Gasteiger partial charge in [-0.05, 0) is 0 Å². The largest absolute Gasteiger partial charge is 3.00 e. The molecule has 0 spiro atoms. The number of hydrogen-bond donors (Lipinski definition) is 0. The van der Waals surface area contributed by atoms with Gasteiger partial charge in [0, 0.05) is 0 Å². The fraction of sp³-hybridized carbons (Fsp3) is 0.125. The Labute approximate surface area is 85.7 Å². The van der Waals surface area contributed by atoms with Gasteiger partial charge in [-0.3, -0.25) is 0 Å². The van der Waals surface area contributed by atoms with Crippen LogP contribution in [0.2, 0.25) is 0 Å². The van der Waals surface area contributed by atoms with Crippen molar-refractivity contribution in [2.75, 3.05) is 0 Å². The molecule has 1 aromatic rings. The van der Waals surface area contributed by atoms with E-state index in [0.29, 0.717) is 5.56 Å². The van der Waals surface area contributed by atoms with E-state index in [9.17, 15) is 4.79 Å². The van der Waals surface area contributed by atoms with Crippen LogP contribution in [-0.2, 0) is 37.5 Å². The van der Waals surface area contributed by atoms with Gasteiger partial charge in [-0.1, -0.05) is 13.0 Å². The van der Waals surface area contributed by atoms with E-state index in [1.165, 1.54) is 0 Å². The number of benzene rings is 1. The first-order chi connectivity index (χ1) is 4.34. The molecule has 0 aliphatic heterocycles. The van der Waals surface area contributed by atoms with E-state index in [2.05, 4.69) is 0 Å². The minimum absolute atomic E-state index is 0. The maximum atomic E-state index is 10.1. The fourth-order valence-electron chi connectivity index (χ4n) is 0.687. The van der Waals surface area contributed by atoms with Crippen molar-refractivity contribution in [3.63, 3.8) is 0 Å². The summed E-state index contributed by atoms with van der Waals surface area (Å²) in [4.78, 5) is 10.1. The van der Waals surface area contributed by atoms with Crippen molar-refractivity contribution in [3.05, 3.63) is 35.4 Å². The molecule has 46 valence electrons. The van der Waals surface area contributed by atoms with Gasteiger partial charge in [0.15, 0.2) is 0 Å². The summed E-state index contributed by atoms with van der Waals surface area (Å²) in [6.45, 7) is 1.89. The normalized spacial score (nSPS) is 8.10. The Morgan fingerprint density at radius 1 is 1.30 bits per heavy atom. The zero-order chi connectivity index (χ0) is 6.69. The second kappa shape index (κ2) is 4.76. The van der Waals surface area contributed by atoms with Crippen LogP contribution in [0.4, 0.5) is 0 Å². The predicted octanol–water partition coefficient (Wildman–Crippen LogP) is 1.45. The maximum absolute atomic E-state index is 10.1. The Morgan fingerprint density at radius 2 is 1.90 bits per heavy atom. The third kappa shape index (κ3) is 2.32. The number of rotatable bonds is 1. The van der Waals surface area contributed by atoms with Crippen LogP contribution in [0.3, 0.4) is 0 Å². The van der Waals surface area contributed by atoms with Crippen LogP contribution in [0.1, 0.15) is 11.1 Å². The van der Waals surface area contributed by atoms with E-state index in [1.54, 1.807) is 6.07 Å². The van der Waals surface area contributed by atoms with Gasteiger partial charge >= 0.3 is 32.7 Å². The standard InChI is InChI=1S/C8H7O.Y/c1-7-4-2-3-5-8(7)6-9;/h2-5H,1H3;/q-1;+3. The average Bonchev–Trinajstić information content (AvgIpc) is 1.89. The van der Waals surface area contributed by atoms with Crippen LogP contribution in [-0.4, -0.2) is 6.29 Å². The Kier molecular flexibility index (Phi) is 4.75. The average molecular weight is 208 g/mol. The van der Waals surface area contributed by atoms with Crippen molar-refractivity contribution in [2.45, 2.75) is 6.92 Å². The van der Waals surface area contributed by atoms with Gasteiger partial charge in [0.2, 0.25) is 0 Å². The Hall–Kier alpha value is -0.00610. The van der Waals surface area contributed by atoms with Gasteiger partial charge in [-0.2, -0.15) is 6.07 Å². The van der Waals surface area contributed by atoms with Crippen LogP contribution in [0.5, 0.6) is 0 Å². The topological polar surface area (TPSA) is 17.1 Å². The summed E-state index contributed by atoms with van der Waals surface area (Å²) in [5, 5.41) is 0. The third-order valence-electron chi connectivity index (χ3n) is 1.26. The zero-order valence-corrected chi connectivity index (χ0v) is 8.63. The van der Waals surface area contributed by atoms with Gasteiger partial charge in [-0.15, -0.1) is 23.3 Å². The Bertz CT molecular complexity index is 220. The molecule has 0 saturated heterocycles. The first-order valence-corrected chi connectivity index (χ1v) is 2.78. The van der Waals surface area contributed by atoms with Crippen LogP contribution >= 0.6 is 0 Å². The van der Waals surface area contributed by atoms with E-state index < -0.39 is 0 Å². The van der Waals surface area contributed by atoms with Crippen LogP contribution < -0.4 is 0 Å². The second-order valence-corrected chi connectivity index (χ2v) is 1.92. The molecule has 1 aromatic carbocycles. The summed E-state index contributed by atoms with van der Waals surface area (Å²) in [6.07, 6.45) is 1.85. The first kappa shape index (κ1) is 9.99. The predicted molar refractivity (Wildman–Crippen MR) is 36.0 cm³/mol. The summed E-state index contributed by atoms with van der Waals surface area (Å²) >= 11 is 0. The number of hydrogen-bond acceptors (Lipinski definition) is 1. The molecule has 0 amide bonds. The van der Waals surface area contributed by atoms with E-state index in [1.807, 2.05) is 31.4 Å². The summed E-state index contributed by atoms with van der Waals surface area (Å²) in [5.41, 5.74) is 1.63. The van der Waals surface area contributed by atoms with Crippen LogP contribution in [0.25, 0.3) is 0 Å². The molecule has 0 aromatic heterocycles. The van der Waals surface area contributed by atoms with Gasteiger partial charge < -0.3 is 4.79 Å². The first-order valence-electron chi connectivity index (χ1n) is 2.78. The molecular formula is C8H7OY+2. The molecule has 2 heteroatoms. The van der Waals surface area contributed by atoms with Gasteiger partial charge in [0.1, 0.15) is 0 Å². The molecular weight excluding hydrogens is 201 g/mol. The van der Waals surface area contributed by atoms with E-state index in [4.69, 9.17) is 0 Å². The van der Waals surface area contributed by atoms with E-state index in [-0.39, 0.29) is 32.7 Å². The molecule has 0 aliphatic carbocycles. The van der Waals surface area contributed by atoms with Crippen molar-refractivity contribution < 1.29 is 37.5 Å². The molecule has 0 saturated carbocycles. The minimum Gasteiger partial charge on any atom is -0.376 e. The van der Waals surface area contributed by atoms with Gasteiger partial charge in [0.05, 0.1) is 6.29 Å². The molecule has 0 atom stereocenters. The molecule has 1 rings (SSSR count). The van der Waals surface area contributed by atoms with Gasteiger partial charge in [0.25, 0.3) is 0 Å². The minimum atomic E-state index is 0. The van der Waals surface area contributed by atoms with Crippen molar-refractivity contribution in [1.29, 1.82) is 0 Å². The summed E-state index contributed by atoms with van der Waals surface area (Å²) < 4.78 is 0. The quantitative estimate of drug-likeness (QED) is 0.638. The second-order valence-electron chi connectivity index (χ2n) is 1.92. The van der Waals surface area contributed by atoms with Crippen molar-refractivity contribution in [1.82, 2.24) is 0 Å². The summed E-state index contributed by atoms with van der Waals surface area (Å²) in [6, 6.07) is 7.37. The fourth-order valence-corrected chi connectivity index (χ4v) is 0.687. The molecule has 0 aliphatic rings. The Balaban J connectivity index is 0.000000810. The molecule has 0 unspecified atom stereocenters. The molecule has 1 nitrogen and oxygen atoms in total. The molecule has 0 heterocycles. The monoisotopic (exact) mass is 208 g/mol. The Morgan fingerprint density at radius 3 is 2.30 bits per heavy atom. The molecule has 0 N–H and O–H groups in total. The summed E-state index contributed by atoms with van der Waals surface area (Å²) in [7, 11) is 0. The summed E-state index contributed by atoms with van der Waals surface area (Å²) in [5.74, 6) is 0. The van der Waals surface area contributed by atoms with Gasteiger partial charge in [-0.25, -0.2) is 0 Å². The molecule has 0 radical (unpaired) electrons. The molecule has 10 heavy (non-hydrogen) atoms. The molecule has 0 fully saturated rings. The maximum Gasteiger partial charge on any atom is 3.00 e. The zero-order valence-electron chi connectivity index (χ0n) is 5.79. The SMILES string of the molecule is Cc1ccccc1[C-]=O.[Y+3]. The van der Waals surface area contributed by atoms with Crippen molar-refractivity contribution >= 4 is 6.29 Å².